The Balaban J connectivity index is 1.85. The highest BCUT2D eigenvalue weighted by Gasteiger charge is 2.38. The minimum Gasteiger partial charge on any atom is -0.334 e. The third kappa shape index (κ3) is 3.28. The lowest BCUT2D eigenvalue weighted by Crippen LogP contribution is -2.47. The number of rotatable bonds is 3. The van der Waals surface area contributed by atoms with Crippen LogP contribution in [0.1, 0.15) is 36.0 Å². The summed E-state index contributed by atoms with van der Waals surface area (Å²) in [4.78, 5) is 17.4. The molecular formula is C17H24N2O3S. The average Bonchev–Trinajstić information content (AvgIpc) is 3.14. The largest absolute Gasteiger partial charge is 0.334 e. The van der Waals surface area contributed by atoms with E-state index in [2.05, 4.69) is 11.9 Å². The number of carbonyl (C=O) groups excluding carboxylic acids is 1. The Kier molecular flexibility index (Phi) is 4.47. The molecule has 0 aromatic heterocycles. The van der Waals surface area contributed by atoms with E-state index in [9.17, 15) is 13.2 Å². The lowest BCUT2D eigenvalue weighted by molar-refractivity contribution is 0.0664. The quantitative estimate of drug-likeness (QED) is 0.844. The van der Waals surface area contributed by atoms with Crippen molar-refractivity contribution in [3.05, 3.63) is 29.8 Å². The van der Waals surface area contributed by atoms with E-state index < -0.39 is 9.84 Å². The van der Waals surface area contributed by atoms with Crippen LogP contribution in [0, 0.1) is 0 Å². The van der Waals surface area contributed by atoms with Gasteiger partial charge < -0.3 is 9.80 Å². The zero-order valence-corrected chi connectivity index (χ0v) is 14.6. The fourth-order valence-corrected chi connectivity index (χ4v) is 4.56. The summed E-state index contributed by atoms with van der Waals surface area (Å²) in [5.41, 5.74) is 0.473. The normalized spacial score (nSPS) is 25.9. The van der Waals surface area contributed by atoms with Crippen molar-refractivity contribution in [2.45, 2.75) is 42.7 Å². The Hall–Kier alpha value is -1.40. The first-order valence-electron chi connectivity index (χ1n) is 8.19. The van der Waals surface area contributed by atoms with Crippen LogP contribution < -0.4 is 0 Å². The molecule has 2 aliphatic rings. The lowest BCUT2D eigenvalue weighted by Gasteiger charge is -2.33. The number of sulfone groups is 1. The molecule has 0 N–H and O–H groups in total. The molecule has 3 rings (SSSR count). The maximum Gasteiger partial charge on any atom is 0.254 e. The van der Waals surface area contributed by atoms with E-state index in [0.717, 1.165) is 32.4 Å². The van der Waals surface area contributed by atoms with E-state index in [0.29, 0.717) is 11.6 Å². The summed E-state index contributed by atoms with van der Waals surface area (Å²) in [7, 11) is -1.17. The third-order valence-corrected chi connectivity index (χ3v) is 6.20. The van der Waals surface area contributed by atoms with Gasteiger partial charge in [0.05, 0.1) is 4.90 Å². The van der Waals surface area contributed by atoms with Crippen LogP contribution in [0.15, 0.2) is 29.2 Å². The highest BCUT2D eigenvalue weighted by Crippen LogP contribution is 2.30. The molecule has 23 heavy (non-hydrogen) atoms. The first-order valence-corrected chi connectivity index (χ1v) is 10.1. The highest BCUT2D eigenvalue weighted by atomic mass is 32.2. The number of hydrogen-bond acceptors (Lipinski definition) is 4. The number of benzene rings is 1. The summed E-state index contributed by atoms with van der Waals surface area (Å²) in [5, 5.41) is 0. The Morgan fingerprint density at radius 3 is 2.48 bits per heavy atom. The van der Waals surface area contributed by atoms with E-state index in [-0.39, 0.29) is 16.8 Å². The molecule has 2 heterocycles. The summed E-state index contributed by atoms with van der Waals surface area (Å²) in [5.74, 6) is -0.0432. The summed E-state index contributed by atoms with van der Waals surface area (Å²) in [6, 6.07) is 7.08. The second-order valence-corrected chi connectivity index (χ2v) is 8.71. The van der Waals surface area contributed by atoms with E-state index in [1.165, 1.54) is 18.7 Å². The molecule has 0 aliphatic carbocycles. The number of hydrogen-bond donors (Lipinski definition) is 0. The van der Waals surface area contributed by atoms with Crippen LogP contribution in [0.3, 0.4) is 0 Å². The second kappa shape index (κ2) is 6.24. The fourth-order valence-electron chi connectivity index (χ4n) is 3.89. The molecule has 2 atom stereocenters. The van der Waals surface area contributed by atoms with Crippen molar-refractivity contribution in [3.63, 3.8) is 0 Å². The van der Waals surface area contributed by atoms with Gasteiger partial charge in [0.25, 0.3) is 5.91 Å². The highest BCUT2D eigenvalue weighted by molar-refractivity contribution is 7.90. The van der Waals surface area contributed by atoms with Gasteiger partial charge in [-0.15, -0.1) is 0 Å². The van der Waals surface area contributed by atoms with Gasteiger partial charge in [0.15, 0.2) is 9.84 Å². The smallest absolute Gasteiger partial charge is 0.254 e. The van der Waals surface area contributed by atoms with Gasteiger partial charge >= 0.3 is 0 Å². The number of carbonyl (C=O) groups is 1. The number of amides is 1. The molecule has 1 aromatic rings. The van der Waals surface area contributed by atoms with Crippen LogP contribution in [0.2, 0.25) is 0 Å². The van der Waals surface area contributed by atoms with Crippen LogP contribution in [0.5, 0.6) is 0 Å². The summed E-state index contributed by atoms with van der Waals surface area (Å²) >= 11 is 0. The first-order chi connectivity index (χ1) is 10.9. The van der Waals surface area contributed by atoms with E-state index in [1.807, 2.05) is 4.90 Å². The molecule has 5 nitrogen and oxygen atoms in total. The third-order valence-electron chi connectivity index (χ3n) is 5.09. The van der Waals surface area contributed by atoms with Gasteiger partial charge in [-0.2, -0.15) is 0 Å². The molecule has 0 saturated carbocycles. The molecular weight excluding hydrogens is 312 g/mol. The molecule has 0 unspecified atom stereocenters. The molecule has 2 fully saturated rings. The van der Waals surface area contributed by atoms with Gasteiger partial charge in [0.1, 0.15) is 0 Å². The summed E-state index contributed by atoms with van der Waals surface area (Å²) in [6.45, 7) is 1.85. The molecule has 6 heteroatoms. The van der Waals surface area contributed by atoms with Crippen LogP contribution in [0.25, 0.3) is 0 Å². The van der Waals surface area contributed by atoms with Crippen molar-refractivity contribution in [1.82, 2.24) is 9.80 Å². The molecule has 0 radical (unpaired) electrons. The Labute approximate surface area is 138 Å². The van der Waals surface area contributed by atoms with Crippen LogP contribution in [-0.2, 0) is 9.84 Å². The molecule has 1 aromatic carbocycles. The Bertz CT molecular complexity index is 702. The van der Waals surface area contributed by atoms with Crippen LogP contribution in [0.4, 0.5) is 0 Å². The van der Waals surface area contributed by atoms with Gasteiger partial charge in [0, 0.05) is 30.4 Å². The van der Waals surface area contributed by atoms with Crippen molar-refractivity contribution >= 4 is 15.7 Å². The van der Waals surface area contributed by atoms with Crippen molar-refractivity contribution < 1.29 is 13.2 Å². The van der Waals surface area contributed by atoms with Crippen molar-refractivity contribution in [2.75, 3.05) is 26.4 Å². The molecule has 126 valence electrons. The predicted octanol–water partition coefficient (Wildman–Crippen LogP) is 1.79. The van der Waals surface area contributed by atoms with Crippen molar-refractivity contribution in [1.29, 1.82) is 0 Å². The number of likely N-dealkylation sites (tertiary alicyclic amines) is 2. The zero-order chi connectivity index (χ0) is 16.6. The minimum absolute atomic E-state index is 0.0432. The Morgan fingerprint density at radius 1 is 1.13 bits per heavy atom. The maximum absolute atomic E-state index is 12.9. The van der Waals surface area contributed by atoms with E-state index in [1.54, 1.807) is 18.2 Å². The van der Waals surface area contributed by atoms with Gasteiger partial charge in [-0.3, -0.25) is 4.79 Å². The maximum atomic E-state index is 12.9. The summed E-state index contributed by atoms with van der Waals surface area (Å²) < 4.78 is 23.4. The molecule has 2 saturated heterocycles. The van der Waals surface area contributed by atoms with Crippen molar-refractivity contribution in [2.24, 2.45) is 0 Å². The molecule has 2 aliphatic heterocycles. The standard InChI is InChI=1S/C17H24N2O3S/c1-18-10-4-8-15(18)16-9-5-11-19(16)17(20)13-6-3-7-14(12-13)23(2,21)22/h3,6-7,12,15-16H,4-5,8-11H2,1-2H3/t15-,16-/m0/s1. The van der Waals surface area contributed by atoms with Crippen LogP contribution >= 0.6 is 0 Å². The number of likely N-dealkylation sites (N-methyl/N-ethyl adjacent to an activating group) is 1. The molecule has 0 bridgehead atoms. The average molecular weight is 336 g/mol. The second-order valence-electron chi connectivity index (χ2n) is 6.70. The Morgan fingerprint density at radius 2 is 1.83 bits per heavy atom. The van der Waals surface area contributed by atoms with Gasteiger partial charge in [-0.25, -0.2) is 8.42 Å². The minimum atomic E-state index is -3.30. The van der Waals surface area contributed by atoms with Gasteiger partial charge in [0.2, 0.25) is 0 Å². The fraction of sp³-hybridized carbons (Fsp3) is 0.588. The van der Waals surface area contributed by atoms with Gasteiger partial charge in [-0.05, 0) is 57.5 Å². The SMILES string of the molecule is CN1CCC[C@H]1[C@@H]1CCCN1C(=O)c1cccc(S(C)(=O)=O)c1. The molecule has 0 spiro atoms. The van der Waals surface area contributed by atoms with Crippen molar-refractivity contribution in [3.8, 4) is 0 Å². The van der Waals surface area contributed by atoms with E-state index >= 15 is 0 Å². The summed E-state index contributed by atoms with van der Waals surface area (Å²) in [6.07, 6.45) is 5.54. The predicted molar refractivity (Wildman–Crippen MR) is 89.3 cm³/mol. The lowest BCUT2D eigenvalue weighted by atomic mass is 10.0. The van der Waals surface area contributed by atoms with Gasteiger partial charge in [-0.1, -0.05) is 6.07 Å². The first kappa shape index (κ1) is 16.5. The molecule has 1 amide bonds. The zero-order valence-electron chi connectivity index (χ0n) is 13.7. The van der Waals surface area contributed by atoms with E-state index in [4.69, 9.17) is 0 Å². The van der Waals surface area contributed by atoms with Crippen LogP contribution in [-0.4, -0.2) is 62.6 Å². The number of nitrogens with zero attached hydrogens (tertiary/aromatic N) is 2. The monoisotopic (exact) mass is 336 g/mol. The topological polar surface area (TPSA) is 57.7 Å².